The summed E-state index contributed by atoms with van der Waals surface area (Å²) in [5, 5.41) is 4.13. The molecular formula is C15H20ClN3O. The summed E-state index contributed by atoms with van der Waals surface area (Å²) in [6.45, 7) is 2.53. The predicted octanol–water partition coefficient (Wildman–Crippen LogP) is 3.23. The van der Waals surface area contributed by atoms with Crippen molar-refractivity contribution in [3.05, 3.63) is 47.2 Å². The summed E-state index contributed by atoms with van der Waals surface area (Å²) >= 11 is 5.87. The number of nitrogens with one attached hydrogen (secondary N) is 1. The zero-order valence-corrected chi connectivity index (χ0v) is 12.4. The van der Waals surface area contributed by atoms with E-state index in [1.165, 1.54) is 5.56 Å². The first-order valence-electron chi connectivity index (χ1n) is 6.78. The van der Waals surface area contributed by atoms with Crippen LogP contribution < -0.4 is 5.32 Å². The molecule has 4 nitrogen and oxygen atoms in total. The minimum Gasteiger partial charge on any atom is -0.385 e. The Hall–Kier alpha value is -1.52. The van der Waals surface area contributed by atoms with E-state index in [4.69, 9.17) is 16.3 Å². The Morgan fingerprint density at radius 1 is 1.30 bits per heavy atom. The topological polar surface area (TPSA) is 39.1 Å². The highest BCUT2D eigenvalue weighted by molar-refractivity contribution is 6.30. The molecule has 5 heteroatoms. The lowest BCUT2D eigenvalue weighted by molar-refractivity contribution is 0.190. The molecule has 2 rings (SSSR count). The second-order valence-corrected chi connectivity index (χ2v) is 5.03. The van der Waals surface area contributed by atoms with Crippen molar-refractivity contribution in [2.24, 2.45) is 0 Å². The third kappa shape index (κ3) is 4.54. The molecule has 0 saturated heterocycles. The monoisotopic (exact) mass is 293 g/mol. The van der Waals surface area contributed by atoms with Gasteiger partial charge in [-0.25, -0.2) is 4.98 Å². The van der Waals surface area contributed by atoms with Gasteiger partial charge in [0.05, 0.1) is 0 Å². The van der Waals surface area contributed by atoms with Crippen molar-refractivity contribution in [1.29, 1.82) is 0 Å². The normalized spacial score (nSPS) is 10.7. The van der Waals surface area contributed by atoms with Gasteiger partial charge in [0.15, 0.2) is 0 Å². The van der Waals surface area contributed by atoms with Crippen LogP contribution in [-0.4, -0.2) is 29.8 Å². The van der Waals surface area contributed by atoms with Crippen LogP contribution in [0.4, 0.5) is 5.95 Å². The quantitative estimate of drug-likeness (QED) is 0.760. The summed E-state index contributed by atoms with van der Waals surface area (Å²) in [7, 11) is 1.72. The molecule has 0 radical (unpaired) electrons. The predicted molar refractivity (Wildman–Crippen MR) is 82.4 cm³/mol. The van der Waals surface area contributed by atoms with Crippen LogP contribution in [0.5, 0.6) is 0 Å². The number of aromatic nitrogens is 2. The Bertz CT molecular complexity index is 510. The molecule has 0 spiro atoms. The maximum atomic E-state index is 5.87. The Labute approximate surface area is 124 Å². The van der Waals surface area contributed by atoms with E-state index >= 15 is 0 Å². The van der Waals surface area contributed by atoms with Gasteiger partial charge in [0.1, 0.15) is 0 Å². The molecule has 0 bridgehead atoms. The summed E-state index contributed by atoms with van der Waals surface area (Å²) in [6, 6.07) is 7.94. The van der Waals surface area contributed by atoms with Gasteiger partial charge in [-0.2, -0.15) is 0 Å². The first-order valence-corrected chi connectivity index (χ1v) is 7.16. The number of rotatable bonds is 8. The van der Waals surface area contributed by atoms with Gasteiger partial charge in [-0.15, -0.1) is 0 Å². The van der Waals surface area contributed by atoms with E-state index in [0.29, 0.717) is 0 Å². The number of hydrogen-bond acceptors (Lipinski definition) is 3. The van der Waals surface area contributed by atoms with E-state index in [1.807, 2.05) is 24.5 Å². The number of imidazole rings is 1. The molecule has 1 N–H and O–H groups in total. The number of methoxy groups -OCH3 is 1. The van der Waals surface area contributed by atoms with Gasteiger partial charge < -0.3 is 14.6 Å². The van der Waals surface area contributed by atoms with E-state index < -0.39 is 0 Å². The van der Waals surface area contributed by atoms with Crippen LogP contribution in [0.25, 0.3) is 0 Å². The molecular weight excluding hydrogens is 274 g/mol. The molecule has 0 aliphatic heterocycles. The van der Waals surface area contributed by atoms with Crippen molar-refractivity contribution >= 4 is 17.5 Å². The summed E-state index contributed by atoms with van der Waals surface area (Å²) < 4.78 is 7.18. The zero-order chi connectivity index (χ0) is 14.2. The van der Waals surface area contributed by atoms with Crippen LogP contribution in [-0.2, 0) is 17.7 Å². The fourth-order valence-electron chi connectivity index (χ4n) is 2.01. The summed E-state index contributed by atoms with van der Waals surface area (Å²) in [4.78, 5) is 4.33. The van der Waals surface area contributed by atoms with Crippen molar-refractivity contribution in [2.45, 2.75) is 19.4 Å². The summed E-state index contributed by atoms with van der Waals surface area (Å²) in [5.41, 5.74) is 1.26. The third-order valence-corrected chi connectivity index (χ3v) is 3.32. The van der Waals surface area contributed by atoms with E-state index in [9.17, 15) is 0 Å². The van der Waals surface area contributed by atoms with Crippen molar-refractivity contribution in [1.82, 2.24) is 9.55 Å². The number of hydrogen-bond donors (Lipinski definition) is 1. The first kappa shape index (κ1) is 14.9. The number of halogens is 1. The van der Waals surface area contributed by atoms with Gasteiger partial charge in [-0.1, -0.05) is 23.7 Å². The van der Waals surface area contributed by atoms with Gasteiger partial charge in [0, 0.05) is 44.2 Å². The number of benzene rings is 1. The second kappa shape index (κ2) is 7.92. The van der Waals surface area contributed by atoms with Crippen molar-refractivity contribution < 1.29 is 4.74 Å². The molecule has 0 fully saturated rings. The third-order valence-electron chi connectivity index (χ3n) is 3.07. The Kier molecular flexibility index (Phi) is 5.89. The molecule has 0 atom stereocenters. The average Bonchev–Trinajstić information content (AvgIpc) is 2.89. The highest BCUT2D eigenvalue weighted by atomic mass is 35.5. The van der Waals surface area contributed by atoms with Crippen molar-refractivity contribution in [3.8, 4) is 0 Å². The molecule has 0 saturated carbocycles. The molecule has 1 heterocycles. The highest BCUT2D eigenvalue weighted by Gasteiger charge is 2.01. The SMILES string of the molecule is COCCCn1ccnc1NCCc1ccc(Cl)cc1. The molecule has 2 aromatic rings. The number of ether oxygens (including phenoxy) is 1. The van der Waals surface area contributed by atoms with Gasteiger partial charge in [-0.3, -0.25) is 0 Å². The fraction of sp³-hybridized carbons (Fsp3) is 0.400. The minimum atomic E-state index is 0.766. The van der Waals surface area contributed by atoms with E-state index in [0.717, 1.165) is 43.5 Å². The maximum Gasteiger partial charge on any atom is 0.202 e. The smallest absolute Gasteiger partial charge is 0.202 e. The largest absolute Gasteiger partial charge is 0.385 e. The van der Waals surface area contributed by atoms with E-state index in [1.54, 1.807) is 7.11 Å². The van der Waals surface area contributed by atoms with Gasteiger partial charge in [-0.05, 0) is 30.5 Å². The molecule has 1 aromatic carbocycles. The second-order valence-electron chi connectivity index (χ2n) is 4.59. The lowest BCUT2D eigenvalue weighted by Gasteiger charge is -2.09. The van der Waals surface area contributed by atoms with Crippen LogP contribution in [0.1, 0.15) is 12.0 Å². The van der Waals surface area contributed by atoms with Crippen LogP contribution in [0, 0.1) is 0 Å². The van der Waals surface area contributed by atoms with Crippen molar-refractivity contribution in [3.63, 3.8) is 0 Å². The van der Waals surface area contributed by atoms with Crippen LogP contribution in [0.15, 0.2) is 36.7 Å². The minimum absolute atomic E-state index is 0.766. The molecule has 20 heavy (non-hydrogen) atoms. The van der Waals surface area contributed by atoms with E-state index in [2.05, 4.69) is 27.0 Å². The average molecular weight is 294 g/mol. The van der Waals surface area contributed by atoms with Gasteiger partial charge in [0.25, 0.3) is 0 Å². The highest BCUT2D eigenvalue weighted by Crippen LogP contribution is 2.10. The van der Waals surface area contributed by atoms with Crippen molar-refractivity contribution in [2.75, 3.05) is 25.6 Å². The Morgan fingerprint density at radius 3 is 2.85 bits per heavy atom. The number of nitrogens with zero attached hydrogens (tertiary/aromatic N) is 2. The maximum absolute atomic E-state index is 5.87. The summed E-state index contributed by atoms with van der Waals surface area (Å²) in [6.07, 6.45) is 5.73. The zero-order valence-electron chi connectivity index (χ0n) is 11.7. The van der Waals surface area contributed by atoms with Crippen LogP contribution in [0.2, 0.25) is 5.02 Å². The Morgan fingerprint density at radius 2 is 2.10 bits per heavy atom. The number of anilines is 1. The summed E-state index contributed by atoms with van der Waals surface area (Å²) in [5.74, 6) is 0.912. The molecule has 0 unspecified atom stereocenters. The van der Waals surface area contributed by atoms with Gasteiger partial charge >= 0.3 is 0 Å². The number of aryl methyl sites for hydroxylation is 1. The van der Waals surface area contributed by atoms with Crippen LogP contribution in [0.3, 0.4) is 0 Å². The standard InChI is InChI=1S/C15H20ClN3O/c1-20-12-2-10-19-11-9-18-15(19)17-8-7-13-3-5-14(16)6-4-13/h3-6,9,11H,2,7-8,10,12H2,1H3,(H,17,18). The molecule has 0 amide bonds. The molecule has 0 aliphatic carbocycles. The lowest BCUT2D eigenvalue weighted by Crippen LogP contribution is -2.11. The first-order chi connectivity index (χ1) is 9.79. The van der Waals surface area contributed by atoms with Crippen LogP contribution >= 0.6 is 11.6 Å². The fourth-order valence-corrected chi connectivity index (χ4v) is 2.13. The van der Waals surface area contributed by atoms with E-state index in [-0.39, 0.29) is 0 Å². The molecule has 1 aromatic heterocycles. The van der Waals surface area contributed by atoms with Gasteiger partial charge in [0.2, 0.25) is 5.95 Å². The molecule has 108 valence electrons. The molecule has 0 aliphatic rings. The lowest BCUT2D eigenvalue weighted by atomic mass is 10.1. The Balaban J connectivity index is 1.79.